The van der Waals surface area contributed by atoms with Crippen molar-refractivity contribution in [2.45, 2.75) is 32.9 Å². The van der Waals surface area contributed by atoms with Crippen molar-refractivity contribution >= 4 is 5.91 Å². The average Bonchev–Trinajstić information content (AvgIpc) is 3.34. The van der Waals surface area contributed by atoms with E-state index in [0.717, 1.165) is 30.6 Å². The van der Waals surface area contributed by atoms with Crippen LogP contribution in [0.25, 0.3) is 11.4 Å². The Kier molecular flexibility index (Phi) is 3.87. The van der Waals surface area contributed by atoms with Crippen LogP contribution in [0.15, 0.2) is 29.5 Å². The number of aryl methyl sites for hydroxylation is 2. The molecule has 0 aliphatic carbocycles. The number of oxazole rings is 1. The van der Waals surface area contributed by atoms with E-state index in [0.29, 0.717) is 24.6 Å². The van der Waals surface area contributed by atoms with Gasteiger partial charge in [0.2, 0.25) is 0 Å². The minimum atomic E-state index is -0.0625. The predicted molar refractivity (Wildman–Crippen MR) is 89.7 cm³/mol. The zero-order valence-electron chi connectivity index (χ0n) is 14.3. The monoisotopic (exact) mass is 340 g/mol. The molecule has 4 rings (SSSR count). The van der Waals surface area contributed by atoms with E-state index in [2.05, 4.69) is 16.9 Å². The highest BCUT2D eigenvalue weighted by Crippen LogP contribution is 2.30. The molecule has 1 amide bonds. The maximum absolute atomic E-state index is 12.8. The van der Waals surface area contributed by atoms with Gasteiger partial charge < -0.3 is 13.9 Å². The lowest BCUT2D eigenvalue weighted by molar-refractivity contribution is 0.0717. The van der Waals surface area contributed by atoms with E-state index in [9.17, 15) is 4.79 Å². The number of rotatable bonds is 4. The Bertz CT molecular complexity index is 893. The number of aromatic nitrogens is 5. The Morgan fingerprint density at radius 2 is 2.24 bits per heavy atom. The summed E-state index contributed by atoms with van der Waals surface area (Å²) >= 11 is 0. The van der Waals surface area contributed by atoms with Gasteiger partial charge in [0.1, 0.15) is 17.7 Å². The molecule has 0 fully saturated rings. The average molecular weight is 340 g/mol. The van der Waals surface area contributed by atoms with Gasteiger partial charge >= 0.3 is 0 Å². The van der Waals surface area contributed by atoms with Crippen molar-refractivity contribution in [1.29, 1.82) is 0 Å². The van der Waals surface area contributed by atoms with Gasteiger partial charge in [-0.25, -0.2) is 9.97 Å². The van der Waals surface area contributed by atoms with Gasteiger partial charge in [-0.15, -0.1) is 0 Å². The molecule has 1 aliphatic rings. The van der Waals surface area contributed by atoms with E-state index in [-0.39, 0.29) is 5.91 Å². The Hall–Kier alpha value is -2.90. The molecule has 130 valence electrons. The highest BCUT2D eigenvalue weighted by Gasteiger charge is 2.30. The number of imidazole rings is 1. The highest BCUT2D eigenvalue weighted by molar-refractivity contribution is 5.91. The third-order valence-electron chi connectivity index (χ3n) is 4.54. The zero-order chi connectivity index (χ0) is 17.4. The SMILES string of the molecule is CCCn1nc(-c2cocn2)c2c1CCN(C(=O)c1nccn1C)C2. The molecular weight excluding hydrogens is 320 g/mol. The van der Waals surface area contributed by atoms with Gasteiger partial charge in [0.05, 0.1) is 6.54 Å². The summed E-state index contributed by atoms with van der Waals surface area (Å²) in [6, 6.07) is 0. The van der Waals surface area contributed by atoms with Crippen LogP contribution in [0.1, 0.15) is 35.2 Å². The summed E-state index contributed by atoms with van der Waals surface area (Å²) < 4.78 is 8.91. The lowest BCUT2D eigenvalue weighted by Crippen LogP contribution is -2.37. The van der Waals surface area contributed by atoms with Crippen LogP contribution in [0.3, 0.4) is 0 Å². The number of hydrogen-bond acceptors (Lipinski definition) is 5. The maximum atomic E-state index is 12.8. The molecule has 0 saturated carbocycles. The first kappa shape index (κ1) is 15.6. The van der Waals surface area contributed by atoms with E-state index in [1.807, 2.05) is 16.6 Å². The predicted octanol–water partition coefficient (Wildman–Crippen LogP) is 1.88. The van der Waals surface area contributed by atoms with Crippen molar-refractivity contribution in [3.8, 4) is 11.4 Å². The van der Waals surface area contributed by atoms with Crippen LogP contribution < -0.4 is 0 Å². The summed E-state index contributed by atoms with van der Waals surface area (Å²) in [5, 5.41) is 4.73. The quantitative estimate of drug-likeness (QED) is 0.724. The van der Waals surface area contributed by atoms with Gasteiger partial charge in [0.25, 0.3) is 5.91 Å². The zero-order valence-corrected chi connectivity index (χ0v) is 14.3. The Labute approximate surface area is 145 Å². The molecule has 0 N–H and O–H groups in total. The summed E-state index contributed by atoms with van der Waals surface area (Å²) in [6.45, 7) is 4.15. The van der Waals surface area contributed by atoms with Crippen LogP contribution in [0.5, 0.6) is 0 Å². The number of fused-ring (bicyclic) bond motifs is 1. The van der Waals surface area contributed by atoms with Crippen LogP contribution in [0, 0.1) is 0 Å². The van der Waals surface area contributed by atoms with Crippen LogP contribution in [0.4, 0.5) is 0 Å². The first-order chi connectivity index (χ1) is 12.2. The second-order valence-electron chi connectivity index (χ2n) is 6.21. The number of hydrogen-bond donors (Lipinski definition) is 0. The van der Waals surface area contributed by atoms with Gasteiger partial charge in [0.15, 0.2) is 12.2 Å². The number of nitrogens with zero attached hydrogens (tertiary/aromatic N) is 6. The first-order valence-corrected chi connectivity index (χ1v) is 8.42. The molecule has 0 bridgehead atoms. The van der Waals surface area contributed by atoms with Crippen molar-refractivity contribution in [2.75, 3.05) is 6.54 Å². The Morgan fingerprint density at radius 3 is 2.92 bits per heavy atom. The van der Waals surface area contributed by atoms with E-state index >= 15 is 0 Å². The third-order valence-corrected chi connectivity index (χ3v) is 4.54. The second-order valence-corrected chi connectivity index (χ2v) is 6.21. The number of carbonyl (C=O) groups is 1. The third kappa shape index (κ3) is 2.63. The maximum Gasteiger partial charge on any atom is 0.290 e. The molecule has 25 heavy (non-hydrogen) atoms. The van der Waals surface area contributed by atoms with E-state index in [1.54, 1.807) is 23.2 Å². The van der Waals surface area contributed by atoms with Crippen LogP contribution in [-0.2, 0) is 26.6 Å². The summed E-state index contributed by atoms with van der Waals surface area (Å²) in [5.74, 6) is 0.389. The molecule has 3 aromatic heterocycles. The number of carbonyl (C=O) groups excluding carboxylic acids is 1. The molecule has 4 heterocycles. The fraction of sp³-hybridized carbons (Fsp3) is 0.412. The van der Waals surface area contributed by atoms with E-state index < -0.39 is 0 Å². The normalized spacial score (nSPS) is 13.9. The molecule has 3 aromatic rings. The summed E-state index contributed by atoms with van der Waals surface area (Å²) in [4.78, 5) is 23.0. The lowest BCUT2D eigenvalue weighted by Gasteiger charge is -2.27. The topological polar surface area (TPSA) is 82.0 Å². The summed E-state index contributed by atoms with van der Waals surface area (Å²) in [5.41, 5.74) is 3.74. The standard InChI is InChI=1S/C17H20N6O2/c1-3-6-23-14-4-7-22(17(24)16-18-5-8-21(16)2)9-12(14)15(20-23)13-10-25-11-19-13/h5,8,10-11H,3-4,6-7,9H2,1-2H3. The molecule has 0 aromatic carbocycles. The number of amides is 1. The molecule has 8 nitrogen and oxygen atoms in total. The highest BCUT2D eigenvalue weighted by atomic mass is 16.3. The minimum absolute atomic E-state index is 0.0625. The largest absolute Gasteiger partial charge is 0.451 e. The van der Waals surface area contributed by atoms with Gasteiger partial charge in [-0.2, -0.15) is 5.10 Å². The van der Waals surface area contributed by atoms with Gasteiger partial charge in [0, 0.05) is 50.2 Å². The smallest absolute Gasteiger partial charge is 0.290 e. The molecule has 1 aliphatic heterocycles. The fourth-order valence-corrected chi connectivity index (χ4v) is 3.31. The van der Waals surface area contributed by atoms with Crippen LogP contribution in [0.2, 0.25) is 0 Å². The van der Waals surface area contributed by atoms with E-state index in [1.165, 1.54) is 12.1 Å². The Morgan fingerprint density at radius 1 is 1.36 bits per heavy atom. The molecular formula is C17H20N6O2. The summed E-state index contributed by atoms with van der Waals surface area (Å²) in [6.07, 6.45) is 8.20. The molecule has 0 unspecified atom stereocenters. The van der Waals surface area contributed by atoms with E-state index in [4.69, 9.17) is 9.52 Å². The molecule has 0 saturated heterocycles. The summed E-state index contributed by atoms with van der Waals surface area (Å²) in [7, 11) is 1.83. The van der Waals surface area contributed by atoms with Gasteiger partial charge in [-0.1, -0.05) is 6.92 Å². The van der Waals surface area contributed by atoms with Crippen molar-refractivity contribution in [1.82, 2.24) is 29.2 Å². The van der Waals surface area contributed by atoms with Gasteiger partial charge in [-0.3, -0.25) is 9.48 Å². The minimum Gasteiger partial charge on any atom is -0.451 e. The van der Waals surface area contributed by atoms with Crippen molar-refractivity contribution in [2.24, 2.45) is 7.05 Å². The van der Waals surface area contributed by atoms with Gasteiger partial charge in [-0.05, 0) is 6.42 Å². The van der Waals surface area contributed by atoms with Crippen molar-refractivity contribution in [3.63, 3.8) is 0 Å². The Balaban J connectivity index is 1.70. The lowest BCUT2D eigenvalue weighted by atomic mass is 10.0. The molecule has 0 atom stereocenters. The molecule has 8 heteroatoms. The van der Waals surface area contributed by atoms with Crippen LogP contribution >= 0.6 is 0 Å². The fourth-order valence-electron chi connectivity index (χ4n) is 3.31. The van der Waals surface area contributed by atoms with Crippen LogP contribution in [-0.4, -0.2) is 41.7 Å². The second kappa shape index (κ2) is 6.19. The first-order valence-electron chi connectivity index (χ1n) is 8.42. The van der Waals surface area contributed by atoms with Crippen molar-refractivity contribution in [3.05, 3.63) is 42.1 Å². The molecule has 0 spiro atoms. The molecule has 0 radical (unpaired) electrons. The van der Waals surface area contributed by atoms with Crippen molar-refractivity contribution < 1.29 is 9.21 Å².